The third-order valence-electron chi connectivity index (χ3n) is 3.76. The second-order valence-electron chi connectivity index (χ2n) is 5.24. The van der Waals surface area contributed by atoms with E-state index in [2.05, 4.69) is 0 Å². The molecular formula is C11H20N2O4S. The summed E-state index contributed by atoms with van der Waals surface area (Å²) < 4.78 is 22.7. The van der Waals surface area contributed by atoms with Crippen LogP contribution in [-0.2, 0) is 14.6 Å². The smallest absolute Gasteiger partial charge is 0.236 e. The van der Waals surface area contributed by atoms with Gasteiger partial charge in [-0.05, 0) is 12.8 Å². The average molecular weight is 276 g/mol. The summed E-state index contributed by atoms with van der Waals surface area (Å²) in [7, 11) is -1.29. The molecule has 2 aliphatic heterocycles. The van der Waals surface area contributed by atoms with Crippen molar-refractivity contribution in [2.45, 2.75) is 25.0 Å². The fourth-order valence-corrected chi connectivity index (χ4v) is 4.32. The first-order chi connectivity index (χ1) is 8.37. The van der Waals surface area contributed by atoms with Crippen molar-refractivity contribution in [3.05, 3.63) is 0 Å². The molecule has 104 valence electrons. The van der Waals surface area contributed by atoms with Crippen LogP contribution in [0.4, 0.5) is 0 Å². The predicted molar refractivity (Wildman–Crippen MR) is 66.9 cm³/mol. The molecule has 2 atom stereocenters. The Balaban J connectivity index is 1.85. The van der Waals surface area contributed by atoms with Gasteiger partial charge in [-0.2, -0.15) is 0 Å². The number of hydrogen-bond donors (Lipinski definition) is 1. The highest BCUT2D eigenvalue weighted by atomic mass is 32.2. The zero-order chi connectivity index (χ0) is 13.3. The summed E-state index contributed by atoms with van der Waals surface area (Å²) >= 11 is 0. The third kappa shape index (κ3) is 3.21. The number of hydrogen-bond acceptors (Lipinski definition) is 5. The van der Waals surface area contributed by atoms with E-state index in [1.54, 1.807) is 11.9 Å². The number of carbonyl (C=O) groups excluding carboxylic acids is 1. The summed E-state index contributed by atoms with van der Waals surface area (Å²) in [5.41, 5.74) is 0. The Kier molecular flexibility index (Phi) is 3.93. The van der Waals surface area contributed by atoms with Gasteiger partial charge >= 0.3 is 0 Å². The van der Waals surface area contributed by atoms with E-state index >= 15 is 0 Å². The minimum Gasteiger partial charge on any atom is -0.392 e. The summed E-state index contributed by atoms with van der Waals surface area (Å²) in [5.74, 6) is 0.196. The maximum Gasteiger partial charge on any atom is 0.236 e. The van der Waals surface area contributed by atoms with Gasteiger partial charge in [-0.25, -0.2) is 8.42 Å². The zero-order valence-electron chi connectivity index (χ0n) is 10.6. The minimum absolute atomic E-state index is 0.0637. The molecule has 18 heavy (non-hydrogen) atoms. The lowest BCUT2D eigenvalue weighted by Crippen LogP contribution is -2.43. The highest BCUT2D eigenvalue weighted by molar-refractivity contribution is 7.91. The molecule has 2 fully saturated rings. The quantitative estimate of drug-likeness (QED) is 0.693. The van der Waals surface area contributed by atoms with Gasteiger partial charge in [0.25, 0.3) is 0 Å². The van der Waals surface area contributed by atoms with Crippen LogP contribution >= 0.6 is 0 Å². The number of likely N-dealkylation sites (N-methyl/N-ethyl adjacent to an activating group) is 1. The topological polar surface area (TPSA) is 77.9 Å². The Morgan fingerprint density at radius 1 is 1.44 bits per heavy atom. The SMILES string of the molecule is CN(C(=O)CN1CC[C@H](O)C1)C1CCS(=O)(=O)C1. The minimum atomic E-state index is -2.96. The second kappa shape index (κ2) is 5.14. The lowest BCUT2D eigenvalue weighted by molar-refractivity contribution is -0.132. The summed E-state index contributed by atoms with van der Waals surface area (Å²) in [6.07, 6.45) is 0.900. The fraction of sp³-hybridized carbons (Fsp3) is 0.909. The number of aliphatic hydroxyl groups excluding tert-OH is 1. The molecule has 0 bridgehead atoms. The summed E-state index contributed by atoms with van der Waals surface area (Å²) in [6.45, 7) is 1.52. The number of β-amino-alcohol motifs (C(OH)–C–C–N with tert-alkyl or cyclic N) is 1. The lowest BCUT2D eigenvalue weighted by Gasteiger charge is -2.25. The van der Waals surface area contributed by atoms with Crippen molar-refractivity contribution < 1.29 is 18.3 Å². The molecule has 2 saturated heterocycles. The Labute approximate surface area is 107 Å². The first-order valence-corrected chi connectivity index (χ1v) is 8.06. The number of sulfone groups is 1. The molecule has 0 spiro atoms. The van der Waals surface area contributed by atoms with Gasteiger partial charge in [0.15, 0.2) is 9.84 Å². The van der Waals surface area contributed by atoms with Crippen molar-refractivity contribution in [2.24, 2.45) is 0 Å². The molecule has 0 aliphatic carbocycles. The molecule has 0 saturated carbocycles. The Morgan fingerprint density at radius 2 is 2.17 bits per heavy atom. The summed E-state index contributed by atoms with van der Waals surface area (Å²) in [6, 6.07) is -0.185. The molecule has 1 amide bonds. The van der Waals surface area contributed by atoms with Gasteiger partial charge < -0.3 is 10.0 Å². The van der Waals surface area contributed by atoms with E-state index in [0.717, 1.165) is 6.54 Å². The van der Waals surface area contributed by atoms with Crippen LogP contribution in [0.15, 0.2) is 0 Å². The second-order valence-corrected chi connectivity index (χ2v) is 7.47. The van der Waals surface area contributed by atoms with Crippen molar-refractivity contribution in [3.63, 3.8) is 0 Å². The van der Waals surface area contributed by atoms with Crippen molar-refractivity contribution in [2.75, 3.05) is 38.2 Å². The number of rotatable bonds is 3. The zero-order valence-corrected chi connectivity index (χ0v) is 11.4. The number of amides is 1. The van der Waals surface area contributed by atoms with Crippen LogP contribution in [0.5, 0.6) is 0 Å². The molecule has 2 heterocycles. The molecule has 0 aromatic carbocycles. The third-order valence-corrected chi connectivity index (χ3v) is 5.51. The van der Waals surface area contributed by atoms with Crippen molar-refractivity contribution in [3.8, 4) is 0 Å². The van der Waals surface area contributed by atoms with E-state index in [0.29, 0.717) is 19.4 Å². The lowest BCUT2D eigenvalue weighted by atomic mass is 10.2. The van der Waals surface area contributed by atoms with E-state index in [1.165, 1.54) is 0 Å². The van der Waals surface area contributed by atoms with Crippen LogP contribution in [0, 0.1) is 0 Å². The molecular weight excluding hydrogens is 256 g/mol. The molecule has 2 aliphatic rings. The maximum absolute atomic E-state index is 12.0. The summed E-state index contributed by atoms with van der Waals surface area (Å²) in [5, 5.41) is 9.39. The number of aliphatic hydroxyl groups is 1. The van der Waals surface area contributed by atoms with E-state index in [1.807, 2.05) is 4.90 Å². The van der Waals surface area contributed by atoms with Gasteiger partial charge in [-0.1, -0.05) is 0 Å². The van der Waals surface area contributed by atoms with Crippen LogP contribution < -0.4 is 0 Å². The fourth-order valence-electron chi connectivity index (χ4n) is 2.54. The Hall–Kier alpha value is -0.660. The van der Waals surface area contributed by atoms with Gasteiger partial charge in [0.05, 0.1) is 24.2 Å². The van der Waals surface area contributed by atoms with Gasteiger partial charge in [-0.3, -0.25) is 9.69 Å². The van der Waals surface area contributed by atoms with Gasteiger partial charge in [0.1, 0.15) is 0 Å². The first-order valence-electron chi connectivity index (χ1n) is 6.24. The Morgan fingerprint density at radius 3 is 2.67 bits per heavy atom. The van der Waals surface area contributed by atoms with E-state index in [4.69, 9.17) is 0 Å². The first kappa shape index (κ1) is 13.8. The molecule has 0 aromatic heterocycles. The maximum atomic E-state index is 12.0. The van der Waals surface area contributed by atoms with Crippen LogP contribution in [0.1, 0.15) is 12.8 Å². The summed E-state index contributed by atoms with van der Waals surface area (Å²) in [4.78, 5) is 15.5. The molecule has 7 heteroatoms. The van der Waals surface area contributed by atoms with Crippen LogP contribution in [0.25, 0.3) is 0 Å². The highest BCUT2D eigenvalue weighted by Crippen LogP contribution is 2.17. The molecule has 0 radical (unpaired) electrons. The van der Waals surface area contributed by atoms with E-state index in [9.17, 15) is 18.3 Å². The largest absolute Gasteiger partial charge is 0.392 e. The molecule has 0 aromatic rings. The van der Waals surface area contributed by atoms with Crippen molar-refractivity contribution >= 4 is 15.7 Å². The predicted octanol–water partition coefficient (Wildman–Crippen LogP) is -1.30. The van der Waals surface area contributed by atoms with Gasteiger partial charge in [0.2, 0.25) is 5.91 Å². The monoisotopic (exact) mass is 276 g/mol. The molecule has 1 N–H and O–H groups in total. The Bertz CT molecular complexity index is 423. The molecule has 2 rings (SSSR count). The number of likely N-dealkylation sites (tertiary alicyclic amines) is 1. The van der Waals surface area contributed by atoms with E-state index in [-0.39, 0.29) is 36.1 Å². The number of nitrogens with zero attached hydrogens (tertiary/aromatic N) is 2. The van der Waals surface area contributed by atoms with Crippen LogP contribution in [-0.4, -0.2) is 79.6 Å². The molecule has 6 nitrogen and oxygen atoms in total. The average Bonchev–Trinajstić information content (AvgIpc) is 2.83. The van der Waals surface area contributed by atoms with Crippen LogP contribution in [0.2, 0.25) is 0 Å². The number of carbonyl (C=O) groups is 1. The highest BCUT2D eigenvalue weighted by Gasteiger charge is 2.33. The standard InChI is InChI=1S/C11H20N2O4S/c1-12(9-3-5-18(16,17)8-9)11(15)7-13-4-2-10(14)6-13/h9-10,14H,2-8H2,1H3/t9?,10-/m0/s1. The van der Waals surface area contributed by atoms with Gasteiger partial charge in [0, 0.05) is 26.2 Å². The molecule has 1 unspecified atom stereocenters. The van der Waals surface area contributed by atoms with Crippen molar-refractivity contribution in [1.29, 1.82) is 0 Å². The normalized spacial score (nSPS) is 31.7. The van der Waals surface area contributed by atoms with E-state index < -0.39 is 9.84 Å². The van der Waals surface area contributed by atoms with Crippen LogP contribution in [0.3, 0.4) is 0 Å². The van der Waals surface area contributed by atoms with Gasteiger partial charge in [-0.15, -0.1) is 0 Å². The van der Waals surface area contributed by atoms with Crippen molar-refractivity contribution in [1.82, 2.24) is 9.80 Å².